The number of aliphatic hydroxyl groups is 1. The minimum Gasteiger partial charge on any atom is -0.396 e. The molecule has 120 valence electrons. The lowest BCUT2D eigenvalue weighted by atomic mass is 9.78. The number of hydrogen-bond acceptors (Lipinski definition) is 1. The summed E-state index contributed by atoms with van der Waals surface area (Å²) in [5.74, 6) is 0. The van der Waals surface area contributed by atoms with E-state index >= 15 is 0 Å². The van der Waals surface area contributed by atoms with Gasteiger partial charge in [-0.25, -0.2) is 0 Å². The van der Waals surface area contributed by atoms with Crippen LogP contribution in [0.3, 0.4) is 0 Å². The molecule has 0 amide bonds. The fourth-order valence-corrected chi connectivity index (χ4v) is 2.68. The highest BCUT2D eigenvalue weighted by Crippen LogP contribution is 2.38. The first kappa shape index (κ1) is 17.2. The molecular weight excluding hydrogens is 280 g/mol. The van der Waals surface area contributed by atoms with E-state index < -0.39 is 0 Å². The van der Waals surface area contributed by atoms with Gasteiger partial charge in [0.15, 0.2) is 0 Å². The first-order valence-electron chi connectivity index (χ1n) is 8.16. The van der Waals surface area contributed by atoms with Gasteiger partial charge in [0.2, 0.25) is 0 Å². The van der Waals surface area contributed by atoms with Gasteiger partial charge < -0.3 is 5.11 Å². The smallest absolute Gasteiger partial charge is 0.0465 e. The van der Waals surface area contributed by atoms with Crippen molar-refractivity contribution in [3.05, 3.63) is 83.4 Å². The Labute approximate surface area is 140 Å². The summed E-state index contributed by atoms with van der Waals surface area (Å²) < 4.78 is 0. The predicted octanol–water partition coefficient (Wildman–Crippen LogP) is 5.58. The fourth-order valence-electron chi connectivity index (χ4n) is 2.68. The highest BCUT2D eigenvalue weighted by molar-refractivity contribution is 5.91. The van der Waals surface area contributed by atoms with Crippen molar-refractivity contribution < 1.29 is 5.11 Å². The molecule has 0 bridgehead atoms. The Kier molecular flexibility index (Phi) is 5.95. The molecule has 2 aromatic carbocycles. The Hall–Kier alpha value is -2.12. The molecule has 0 heterocycles. The van der Waals surface area contributed by atoms with Gasteiger partial charge in [-0.1, -0.05) is 87.5 Å². The fraction of sp³-hybridized carbons (Fsp3) is 0.273. The lowest BCUT2D eigenvalue weighted by Gasteiger charge is -2.26. The van der Waals surface area contributed by atoms with E-state index in [1.165, 1.54) is 22.3 Å². The molecule has 0 saturated heterocycles. The quantitative estimate of drug-likeness (QED) is 0.564. The lowest BCUT2D eigenvalue weighted by molar-refractivity contribution is 0.302. The minimum atomic E-state index is 0.00558. The van der Waals surface area contributed by atoms with Crippen LogP contribution in [0, 0.1) is 5.41 Å². The zero-order valence-corrected chi connectivity index (χ0v) is 14.3. The number of aliphatic hydroxyl groups excluding tert-OH is 1. The Bertz CT molecular complexity index is 658. The summed E-state index contributed by atoms with van der Waals surface area (Å²) in [5.41, 5.74) is 4.88. The van der Waals surface area contributed by atoms with Crippen LogP contribution in [0.5, 0.6) is 0 Å². The molecule has 1 heteroatoms. The normalized spacial score (nSPS) is 13.2. The Morgan fingerprint density at radius 3 is 2.00 bits per heavy atom. The largest absolute Gasteiger partial charge is 0.396 e. The van der Waals surface area contributed by atoms with Crippen LogP contribution in [0.25, 0.3) is 11.6 Å². The van der Waals surface area contributed by atoms with Gasteiger partial charge in [-0.05, 0) is 40.2 Å². The summed E-state index contributed by atoms with van der Waals surface area (Å²) in [6.45, 7) is 6.83. The standard InChI is InChI=1S/C22H26O/c1-22(2,3)21(15-10-16-23)20(19-13-8-5-9-14-19)17-18-11-6-4-7-12-18/h4-9,11-15,17,23H,10,16H2,1-3H3/b20-17+,21-15-. The molecule has 0 atom stereocenters. The van der Waals surface area contributed by atoms with E-state index in [1.807, 2.05) is 12.1 Å². The van der Waals surface area contributed by atoms with Crippen molar-refractivity contribution in [1.29, 1.82) is 0 Å². The summed E-state index contributed by atoms with van der Waals surface area (Å²) in [6.07, 6.45) is 5.08. The Morgan fingerprint density at radius 2 is 1.48 bits per heavy atom. The Morgan fingerprint density at radius 1 is 0.913 bits per heavy atom. The second-order valence-electron chi connectivity index (χ2n) is 6.71. The van der Waals surface area contributed by atoms with Crippen LogP contribution in [0.4, 0.5) is 0 Å². The van der Waals surface area contributed by atoms with Gasteiger partial charge in [0.25, 0.3) is 0 Å². The average molecular weight is 306 g/mol. The zero-order valence-electron chi connectivity index (χ0n) is 14.3. The third-order valence-electron chi connectivity index (χ3n) is 3.77. The van der Waals surface area contributed by atoms with Crippen LogP contribution in [0.2, 0.25) is 0 Å². The SMILES string of the molecule is CC(C)(C)C(=C\CCO)/C(=C/c1ccccc1)c1ccccc1. The molecule has 23 heavy (non-hydrogen) atoms. The predicted molar refractivity (Wildman–Crippen MR) is 100.0 cm³/mol. The molecule has 0 aromatic heterocycles. The second-order valence-corrected chi connectivity index (χ2v) is 6.71. The number of allylic oxidation sites excluding steroid dienone is 2. The lowest BCUT2D eigenvalue weighted by Crippen LogP contribution is -2.11. The van der Waals surface area contributed by atoms with E-state index in [0.29, 0.717) is 6.42 Å². The number of hydrogen-bond donors (Lipinski definition) is 1. The summed E-state index contributed by atoms with van der Waals surface area (Å²) in [7, 11) is 0. The average Bonchev–Trinajstić information content (AvgIpc) is 2.55. The molecule has 0 unspecified atom stereocenters. The molecule has 0 aliphatic heterocycles. The van der Waals surface area contributed by atoms with E-state index in [9.17, 15) is 5.11 Å². The van der Waals surface area contributed by atoms with E-state index in [0.717, 1.165) is 0 Å². The Balaban J connectivity index is 2.59. The monoisotopic (exact) mass is 306 g/mol. The molecule has 1 nitrogen and oxygen atoms in total. The van der Waals surface area contributed by atoms with Crippen molar-refractivity contribution in [3.8, 4) is 0 Å². The van der Waals surface area contributed by atoms with Gasteiger partial charge in [-0.3, -0.25) is 0 Å². The van der Waals surface area contributed by atoms with Crippen LogP contribution < -0.4 is 0 Å². The number of rotatable bonds is 5. The van der Waals surface area contributed by atoms with Gasteiger partial charge in [-0.2, -0.15) is 0 Å². The van der Waals surface area contributed by atoms with Gasteiger partial charge in [-0.15, -0.1) is 0 Å². The van der Waals surface area contributed by atoms with Crippen molar-refractivity contribution in [2.45, 2.75) is 27.2 Å². The maximum Gasteiger partial charge on any atom is 0.0465 e. The van der Waals surface area contributed by atoms with Crippen LogP contribution in [0.1, 0.15) is 38.3 Å². The highest BCUT2D eigenvalue weighted by atomic mass is 16.2. The molecule has 2 aromatic rings. The topological polar surface area (TPSA) is 20.2 Å². The molecule has 0 radical (unpaired) electrons. The van der Waals surface area contributed by atoms with E-state index in [-0.39, 0.29) is 12.0 Å². The molecule has 1 N–H and O–H groups in total. The molecule has 0 aliphatic carbocycles. The van der Waals surface area contributed by atoms with Crippen LogP contribution >= 0.6 is 0 Å². The van der Waals surface area contributed by atoms with E-state index in [4.69, 9.17) is 0 Å². The first-order chi connectivity index (χ1) is 11.0. The van der Waals surface area contributed by atoms with Crippen LogP contribution in [0.15, 0.2) is 72.3 Å². The van der Waals surface area contributed by atoms with Crippen molar-refractivity contribution in [2.75, 3.05) is 6.61 Å². The third kappa shape index (κ3) is 4.94. The molecular formula is C22H26O. The maximum absolute atomic E-state index is 9.26. The zero-order chi connectivity index (χ0) is 16.7. The van der Waals surface area contributed by atoms with Gasteiger partial charge in [0, 0.05) is 6.61 Å². The van der Waals surface area contributed by atoms with Crippen LogP contribution in [-0.4, -0.2) is 11.7 Å². The maximum atomic E-state index is 9.26. The van der Waals surface area contributed by atoms with Gasteiger partial charge in [0.1, 0.15) is 0 Å². The van der Waals surface area contributed by atoms with Crippen molar-refractivity contribution >= 4 is 11.6 Å². The minimum absolute atomic E-state index is 0.00558. The summed E-state index contributed by atoms with van der Waals surface area (Å²) in [4.78, 5) is 0. The van der Waals surface area contributed by atoms with Crippen molar-refractivity contribution in [3.63, 3.8) is 0 Å². The van der Waals surface area contributed by atoms with Crippen LogP contribution in [-0.2, 0) is 0 Å². The highest BCUT2D eigenvalue weighted by Gasteiger charge is 2.21. The molecule has 0 aliphatic rings. The first-order valence-corrected chi connectivity index (χ1v) is 8.16. The molecule has 0 fully saturated rings. The molecule has 2 rings (SSSR count). The molecule has 0 spiro atoms. The second kappa shape index (κ2) is 7.94. The van der Waals surface area contributed by atoms with Crippen molar-refractivity contribution in [2.24, 2.45) is 5.41 Å². The number of benzene rings is 2. The summed E-state index contributed by atoms with van der Waals surface area (Å²) in [6, 6.07) is 20.9. The summed E-state index contributed by atoms with van der Waals surface area (Å²) in [5, 5.41) is 9.26. The third-order valence-corrected chi connectivity index (χ3v) is 3.77. The van der Waals surface area contributed by atoms with Crippen molar-refractivity contribution in [1.82, 2.24) is 0 Å². The van der Waals surface area contributed by atoms with Gasteiger partial charge in [0.05, 0.1) is 0 Å². The van der Waals surface area contributed by atoms with E-state index in [2.05, 4.69) is 81.5 Å². The molecule has 0 saturated carbocycles. The summed E-state index contributed by atoms with van der Waals surface area (Å²) >= 11 is 0. The van der Waals surface area contributed by atoms with E-state index in [1.54, 1.807) is 0 Å². The van der Waals surface area contributed by atoms with Gasteiger partial charge >= 0.3 is 0 Å².